The molecule has 2 N–H and O–H groups in total. The van der Waals surface area contributed by atoms with E-state index in [0.717, 1.165) is 22.0 Å². The number of alkyl carbamates (subject to hydrolysis) is 1. The molecule has 1 fully saturated rings. The summed E-state index contributed by atoms with van der Waals surface area (Å²) in [5.74, 6) is -0.620. The molecule has 11 nitrogen and oxygen atoms in total. The van der Waals surface area contributed by atoms with Crippen molar-refractivity contribution in [3.05, 3.63) is 78.4 Å². The maximum atomic E-state index is 14.4. The van der Waals surface area contributed by atoms with E-state index in [1.807, 2.05) is 72.8 Å². The van der Waals surface area contributed by atoms with Crippen molar-refractivity contribution in [3.8, 4) is 5.75 Å². The summed E-state index contributed by atoms with van der Waals surface area (Å²) in [5.41, 5.74) is -1.52. The molecule has 47 heavy (non-hydrogen) atoms. The molecule has 3 aromatic rings. The number of hydrogen-bond donors (Lipinski definition) is 2. The minimum atomic E-state index is -1.43. The molecule has 4 amide bonds. The number of hydrazone groups is 1. The summed E-state index contributed by atoms with van der Waals surface area (Å²) < 4.78 is 11.6. The highest BCUT2D eigenvalue weighted by atomic mass is 16.6. The maximum Gasteiger partial charge on any atom is 0.408 e. The zero-order chi connectivity index (χ0) is 34.0. The van der Waals surface area contributed by atoms with Gasteiger partial charge in [0, 0.05) is 31.9 Å². The first-order chi connectivity index (χ1) is 22.2. The van der Waals surface area contributed by atoms with Crippen LogP contribution in [0, 0.1) is 5.41 Å². The van der Waals surface area contributed by atoms with Crippen LogP contribution >= 0.6 is 0 Å². The van der Waals surface area contributed by atoms with Gasteiger partial charge in [-0.3, -0.25) is 14.4 Å². The Bertz CT molecular complexity index is 1690. The van der Waals surface area contributed by atoms with E-state index in [0.29, 0.717) is 25.1 Å². The monoisotopic (exact) mass is 641 g/mol. The highest BCUT2D eigenvalue weighted by Gasteiger charge is 2.54. The number of carbonyl (C=O) groups excluding carboxylic acids is 4. The Kier molecular flexibility index (Phi) is 9.29. The van der Waals surface area contributed by atoms with Gasteiger partial charge in [-0.2, -0.15) is 5.10 Å². The minimum absolute atomic E-state index is 0.100. The first kappa shape index (κ1) is 33.4. The maximum absolute atomic E-state index is 14.4. The van der Waals surface area contributed by atoms with Crippen LogP contribution in [-0.2, 0) is 25.5 Å². The van der Waals surface area contributed by atoms with E-state index in [1.165, 1.54) is 18.9 Å². The summed E-state index contributed by atoms with van der Waals surface area (Å²) in [6.07, 6.45) is 0.0309. The Morgan fingerprint density at radius 3 is 2.36 bits per heavy atom. The number of ether oxygens (including phenoxy) is 2. The number of rotatable bonds is 9. The summed E-state index contributed by atoms with van der Waals surface area (Å²) >= 11 is 0. The van der Waals surface area contributed by atoms with Crippen LogP contribution in [0.3, 0.4) is 0 Å². The molecule has 0 spiro atoms. The van der Waals surface area contributed by atoms with Crippen LogP contribution in [0.25, 0.3) is 10.8 Å². The van der Waals surface area contributed by atoms with Crippen molar-refractivity contribution in [2.75, 3.05) is 26.7 Å². The molecule has 0 radical (unpaired) electrons. The number of piperidine rings is 1. The average molecular weight is 642 g/mol. The van der Waals surface area contributed by atoms with Crippen LogP contribution in [0.2, 0.25) is 0 Å². The zero-order valence-electron chi connectivity index (χ0n) is 27.8. The van der Waals surface area contributed by atoms with Crippen molar-refractivity contribution < 1.29 is 28.7 Å². The molecule has 2 heterocycles. The molecule has 3 aromatic carbocycles. The van der Waals surface area contributed by atoms with Crippen molar-refractivity contribution in [2.45, 2.75) is 64.6 Å². The SMILES string of the molecule is CN1N=C2CCN(C(=O)C(COc3cccc4ccccc34)NC(=O)C(C)(C)NC(=O)OC(C)(C)C)C[C@@]2(Cc2ccccc2)C1=O. The van der Waals surface area contributed by atoms with Gasteiger partial charge >= 0.3 is 6.09 Å². The van der Waals surface area contributed by atoms with Crippen LogP contribution < -0.4 is 15.4 Å². The van der Waals surface area contributed by atoms with Crippen LogP contribution in [0.1, 0.15) is 46.6 Å². The van der Waals surface area contributed by atoms with Crippen molar-refractivity contribution >= 4 is 40.3 Å². The molecule has 1 saturated heterocycles. The van der Waals surface area contributed by atoms with Gasteiger partial charge in [-0.1, -0.05) is 66.7 Å². The number of hydrogen-bond acceptors (Lipinski definition) is 7. The van der Waals surface area contributed by atoms with Gasteiger partial charge in [-0.05, 0) is 58.1 Å². The van der Waals surface area contributed by atoms with Crippen LogP contribution in [0.5, 0.6) is 5.75 Å². The molecule has 2 aliphatic rings. The average Bonchev–Trinajstić information content (AvgIpc) is 3.26. The fourth-order valence-corrected chi connectivity index (χ4v) is 6.06. The Morgan fingerprint density at radius 2 is 1.64 bits per heavy atom. The second kappa shape index (κ2) is 13.1. The molecule has 0 aliphatic carbocycles. The Morgan fingerprint density at radius 1 is 0.957 bits per heavy atom. The molecular weight excluding hydrogens is 598 g/mol. The van der Waals surface area contributed by atoms with E-state index in [9.17, 15) is 19.2 Å². The highest BCUT2D eigenvalue weighted by Crippen LogP contribution is 2.38. The molecule has 11 heteroatoms. The van der Waals surface area contributed by atoms with Crippen molar-refractivity contribution in [2.24, 2.45) is 10.5 Å². The van der Waals surface area contributed by atoms with Crippen molar-refractivity contribution in [1.29, 1.82) is 0 Å². The summed E-state index contributed by atoms with van der Waals surface area (Å²) in [5, 5.41) is 13.2. The lowest BCUT2D eigenvalue weighted by atomic mass is 9.73. The van der Waals surface area contributed by atoms with E-state index < -0.39 is 40.5 Å². The van der Waals surface area contributed by atoms with Gasteiger partial charge in [0.1, 0.15) is 35.0 Å². The third-order valence-corrected chi connectivity index (χ3v) is 8.41. The van der Waals surface area contributed by atoms with E-state index in [2.05, 4.69) is 15.7 Å². The van der Waals surface area contributed by atoms with Gasteiger partial charge in [0.2, 0.25) is 11.8 Å². The van der Waals surface area contributed by atoms with Gasteiger partial charge < -0.3 is 25.0 Å². The lowest BCUT2D eigenvalue weighted by Crippen LogP contribution is -2.63. The van der Waals surface area contributed by atoms with Crippen LogP contribution in [0.15, 0.2) is 77.9 Å². The number of nitrogens with one attached hydrogen (secondary N) is 2. The van der Waals surface area contributed by atoms with Gasteiger partial charge in [-0.25, -0.2) is 9.80 Å². The number of carbonyl (C=O) groups is 4. The van der Waals surface area contributed by atoms with Gasteiger partial charge in [0.25, 0.3) is 5.91 Å². The fraction of sp³-hybridized carbons (Fsp3) is 0.417. The van der Waals surface area contributed by atoms with Gasteiger partial charge in [0.05, 0.1) is 5.71 Å². The smallest absolute Gasteiger partial charge is 0.408 e. The molecule has 0 aromatic heterocycles. The second-order valence-corrected chi connectivity index (χ2v) is 13.7. The number of likely N-dealkylation sites (tertiary alicyclic amines) is 1. The molecule has 0 saturated carbocycles. The number of amides is 4. The van der Waals surface area contributed by atoms with Crippen LogP contribution in [0.4, 0.5) is 4.79 Å². The van der Waals surface area contributed by atoms with Crippen molar-refractivity contribution in [3.63, 3.8) is 0 Å². The van der Waals surface area contributed by atoms with E-state index >= 15 is 0 Å². The Hall–Kier alpha value is -4.93. The second-order valence-electron chi connectivity index (χ2n) is 13.7. The summed E-state index contributed by atoms with van der Waals surface area (Å²) in [6, 6.07) is 21.9. The molecular formula is C36H43N5O6. The van der Waals surface area contributed by atoms with Gasteiger partial charge in [0.15, 0.2) is 0 Å². The van der Waals surface area contributed by atoms with E-state index in [-0.39, 0.29) is 19.1 Å². The number of benzene rings is 3. The first-order valence-electron chi connectivity index (χ1n) is 15.8. The molecule has 5 rings (SSSR count). The van der Waals surface area contributed by atoms with Gasteiger partial charge in [-0.15, -0.1) is 0 Å². The molecule has 2 aliphatic heterocycles. The first-order valence-corrected chi connectivity index (χ1v) is 15.8. The number of fused-ring (bicyclic) bond motifs is 2. The third kappa shape index (κ3) is 7.40. The standard InChI is InChI=1S/C36H43N5O6/c1-34(2,3)47-33(45)38-35(4,5)31(43)37-27(22-46-28-18-12-16-25-15-10-11-17-26(25)28)30(42)41-20-19-29-36(23-41,32(44)40(6)39-29)21-24-13-8-7-9-14-24/h7-18,27H,19-23H2,1-6H3,(H,37,43)(H,38,45)/t27?,36-/m1/s1. The Labute approximate surface area is 275 Å². The predicted octanol–water partition coefficient (Wildman–Crippen LogP) is 4.30. The topological polar surface area (TPSA) is 130 Å². The van der Waals surface area contributed by atoms with E-state index in [4.69, 9.17) is 9.47 Å². The normalized spacial score (nSPS) is 18.7. The zero-order valence-corrected chi connectivity index (χ0v) is 27.8. The lowest BCUT2D eigenvalue weighted by molar-refractivity contribution is -0.143. The predicted molar refractivity (Wildman–Crippen MR) is 179 cm³/mol. The third-order valence-electron chi connectivity index (χ3n) is 8.41. The lowest BCUT2D eigenvalue weighted by Gasteiger charge is -2.41. The Balaban J connectivity index is 1.41. The molecule has 248 valence electrons. The summed E-state index contributed by atoms with van der Waals surface area (Å²) in [7, 11) is 1.63. The molecule has 2 atom stereocenters. The minimum Gasteiger partial charge on any atom is -0.490 e. The van der Waals surface area contributed by atoms with Crippen molar-refractivity contribution in [1.82, 2.24) is 20.5 Å². The summed E-state index contributed by atoms with van der Waals surface area (Å²) in [6.45, 7) is 8.48. The highest BCUT2D eigenvalue weighted by molar-refractivity contribution is 6.13. The molecule has 1 unspecified atom stereocenters. The van der Waals surface area contributed by atoms with Crippen LogP contribution in [-0.4, -0.2) is 83.4 Å². The largest absolute Gasteiger partial charge is 0.490 e. The number of nitrogens with zero attached hydrogens (tertiary/aromatic N) is 3. The quantitative estimate of drug-likeness (QED) is 0.359. The van der Waals surface area contributed by atoms with E-state index in [1.54, 1.807) is 32.7 Å². The summed E-state index contributed by atoms with van der Waals surface area (Å²) in [4.78, 5) is 55.9. The molecule has 0 bridgehead atoms. The fourth-order valence-electron chi connectivity index (χ4n) is 6.06.